The van der Waals surface area contributed by atoms with Gasteiger partial charge in [0.1, 0.15) is 29.3 Å². The largest absolute Gasteiger partial charge is 0.471 e. The van der Waals surface area contributed by atoms with Crippen LogP contribution in [-0.4, -0.2) is 102 Å². The first kappa shape index (κ1) is 41.1. The van der Waals surface area contributed by atoms with Crippen molar-refractivity contribution in [2.24, 2.45) is 17.8 Å². The Labute approximate surface area is 327 Å². The molecular formula is C39H54N6O10S. The SMILES string of the molecule is COCCn1nc(O[C@@H]2C[C@H]3C(=O)N[C@]4(C(=O)NS(=O)(=O)C5CC5)C[C@H]4/C=C\CC[C@H](C)C[C@@H](C)[C@H](NC(=O)OC(C)(C)C)C(=O)N3C2)c2ccccc2c1=O. The summed E-state index contributed by atoms with van der Waals surface area (Å²) >= 11 is 0. The second kappa shape index (κ2) is 16.2. The molecule has 4 amide bonds. The molecule has 3 heterocycles. The number of fused-ring (bicyclic) bond motifs is 3. The van der Waals surface area contributed by atoms with Gasteiger partial charge in [-0.15, -0.1) is 5.10 Å². The molecule has 1 aromatic heterocycles. The van der Waals surface area contributed by atoms with Crippen LogP contribution in [0.3, 0.4) is 0 Å². The summed E-state index contributed by atoms with van der Waals surface area (Å²) in [6, 6.07) is 4.56. The van der Waals surface area contributed by atoms with E-state index in [0.717, 1.165) is 6.42 Å². The van der Waals surface area contributed by atoms with Gasteiger partial charge in [-0.05, 0) is 83.3 Å². The molecular weight excluding hydrogens is 745 g/mol. The highest BCUT2D eigenvalue weighted by molar-refractivity contribution is 7.91. The van der Waals surface area contributed by atoms with E-state index in [9.17, 15) is 32.4 Å². The Hall–Kier alpha value is -4.51. The van der Waals surface area contributed by atoms with Crippen molar-refractivity contribution in [3.8, 4) is 5.88 Å². The van der Waals surface area contributed by atoms with Gasteiger partial charge in [0.25, 0.3) is 11.5 Å². The van der Waals surface area contributed by atoms with E-state index in [1.807, 2.05) is 19.1 Å². The second-order valence-corrected chi connectivity index (χ2v) is 18.7. The predicted molar refractivity (Wildman–Crippen MR) is 206 cm³/mol. The Morgan fingerprint density at radius 2 is 1.77 bits per heavy atom. The van der Waals surface area contributed by atoms with Crippen LogP contribution in [0.25, 0.3) is 10.8 Å². The van der Waals surface area contributed by atoms with Crippen LogP contribution in [0, 0.1) is 17.8 Å². The Morgan fingerprint density at radius 1 is 1.05 bits per heavy atom. The first-order valence-corrected chi connectivity index (χ1v) is 21.0. The van der Waals surface area contributed by atoms with E-state index >= 15 is 0 Å². The van der Waals surface area contributed by atoms with Crippen LogP contribution in [-0.2, 0) is 40.4 Å². The number of hydrogen-bond acceptors (Lipinski definition) is 11. The lowest BCUT2D eigenvalue weighted by atomic mass is 9.88. The number of sulfonamides is 1. The molecule has 6 rings (SSSR count). The van der Waals surface area contributed by atoms with E-state index < -0.39 is 74.3 Å². The molecule has 306 valence electrons. The maximum atomic E-state index is 14.8. The zero-order valence-electron chi connectivity index (χ0n) is 32.9. The number of amides is 4. The van der Waals surface area contributed by atoms with Crippen LogP contribution in [0.15, 0.2) is 41.2 Å². The van der Waals surface area contributed by atoms with Crippen LogP contribution in [0.4, 0.5) is 4.79 Å². The molecule has 16 nitrogen and oxygen atoms in total. The van der Waals surface area contributed by atoms with E-state index in [4.69, 9.17) is 14.2 Å². The second-order valence-electron chi connectivity index (χ2n) is 16.7. The van der Waals surface area contributed by atoms with Gasteiger partial charge in [-0.3, -0.25) is 23.9 Å². The summed E-state index contributed by atoms with van der Waals surface area (Å²) in [5.74, 6) is -2.63. The van der Waals surface area contributed by atoms with Gasteiger partial charge in [0.2, 0.25) is 27.7 Å². The average molecular weight is 799 g/mol. The van der Waals surface area contributed by atoms with Crippen LogP contribution in [0.1, 0.15) is 79.6 Å². The minimum atomic E-state index is -3.93. The number of aromatic nitrogens is 2. The Kier molecular flexibility index (Phi) is 11.9. The van der Waals surface area contributed by atoms with Crippen molar-refractivity contribution >= 4 is 44.6 Å². The van der Waals surface area contributed by atoms with Gasteiger partial charge in [0, 0.05) is 19.4 Å². The quantitative estimate of drug-likeness (QED) is 0.315. The fourth-order valence-electron chi connectivity index (χ4n) is 7.71. The maximum Gasteiger partial charge on any atom is 0.408 e. The summed E-state index contributed by atoms with van der Waals surface area (Å²) in [5, 5.41) is 10.3. The van der Waals surface area contributed by atoms with E-state index in [0.29, 0.717) is 36.5 Å². The third-order valence-electron chi connectivity index (χ3n) is 10.9. The van der Waals surface area contributed by atoms with Crippen LogP contribution in [0.5, 0.6) is 5.88 Å². The normalized spacial score (nSPS) is 29.2. The third-order valence-corrected chi connectivity index (χ3v) is 12.7. The van der Waals surface area contributed by atoms with Gasteiger partial charge in [-0.2, -0.15) is 0 Å². The lowest BCUT2D eigenvalue weighted by Gasteiger charge is -2.33. The van der Waals surface area contributed by atoms with Crippen molar-refractivity contribution in [2.75, 3.05) is 20.3 Å². The molecule has 1 saturated heterocycles. The third kappa shape index (κ3) is 9.20. The summed E-state index contributed by atoms with van der Waals surface area (Å²) in [7, 11) is -2.42. The molecule has 7 atom stereocenters. The molecule has 3 fully saturated rings. The number of allylic oxidation sites excluding steroid dienone is 1. The molecule has 2 aromatic rings. The van der Waals surface area contributed by atoms with E-state index in [1.165, 1.54) is 16.7 Å². The number of nitrogens with one attached hydrogen (secondary N) is 3. The number of hydrogen-bond donors (Lipinski definition) is 3. The summed E-state index contributed by atoms with van der Waals surface area (Å²) < 4.78 is 46.5. The number of benzene rings is 1. The van der Waals surface area contributed by atoms with Gasteiger partial charge < -0.3 is 29.7 Å². The highest BCUT2D eigenvalue weighted by atomic mass is 32.2. The van der Waals surface area contributed by atoms with Crippen molar-refractivity contribution in [1.82, 2.24) is 30.0 Å². The molecule has 3 N–H and O–H groups in total. The molecule has 1 aromatic carbocycles. The molecule has 0 unspecified atom stereocenters. The standard InChI is InChI=1S/C39H54N6O10S/c1-23-11-7-8-12-25-21-39(25,36(49)43-56(51,52)27-15-16-27)41-32(46)30-20-26(22-44(30)35(48)31(24(2)19-23)40-37(50)55-38(3,4)5)54-33-28-13-9-10-14-29(28)34(47)45(42-33)17-18-53-6/h8-10,12-14,23-27,30-31H,7,11,15-22H2,1-6H3,(H,40,50)(H,41,46)(H,43,49)/b12-8-/t23-,24+,25+,26+,30-,31-,39+/m0/s1. The molecule has 0 radical (unpaired) electrons. The molecule has 2 aliphatic heterocycles. The molecule has 17 heteroatoms. The van der Waals surface area contributed by atoms with Crippen LogP contribution >= 0.6 is 0 Å². The highest BCUT2D eigenvalue weighted by Gasteiger charge is 2.62. The smallest absolute Gasteiger partial charge is 0.408 e. The summed E-state index contributed by atoms with van der Waals surface area (Å²) in [4.78, 5) is 71.0. The summed E-state index contributed by atoms with van der Waals surface area (Å²) in [6.45, 7) is 9.36. The number of ether oxygens (including phenoxy) is 3. The predicted octanol–water partition coefficient (Wildman–Crippen LogP) is 2.78. The van der Waals surface area contributed by atoms with Gasteiger partial charge in [-0.1, -0.05) is 38.1 Å². The lowest BCUT2D eigenvalue weighted by Crippen LogP contribution is -2.59. The first-order chi connectivity index (χ1) is 26.4. The fourth-order valence-corrected chi connectivity index (χ4v) is 9.07. The molecule has 2 saturated carbocycles. The molecule has 4 aliphatic rings. The van der Waals surface area contributed by atoms with Crippen molar-refractivity contribution < 1.29 is 41.8 Å². The number of carbonyl (C=O) groups excluding carboxylic acids is 4. The number of methoxy groups -OCH3 is 1. The van der Waals surface area contributed by atoms with Crippen molar-refractivity contribution in [2.45, 2.75) is 121 Å². The number of alkyl carbamates (subject to hydrolysis) is 1. The molecule has 56 heavy (non-hydrogen) atoms. The number of nitrogens with zero attached hydrogens (tertiary/aromatic N) is 3. The molecule has 2 aliphatic carbocycles. The van der Waals surface area contributed by atoms with E-state index in [-0.39, 0.29) is 55.8 Å². The maximum absolute atomic E-state index is 14.8. The van der Waals surface area contributed by atoms with E-state index in [1.54, 1.807) is 45.0 Å². The summed E-state index contributed by atoms with van der Waals surface area (Å²) in [6.07, 6.45) is 5.22. The summed E-state index contributed by atoms with van der Waals surface area (Å²) in [5.41, 5.74) is -2.73. The Morgan fingerprint density at radius 3 is 2.45 bits per heavy atom. The minimum absolute atomic E-state index is 0.0344. The highest BCUT2D eigenvalue weighted by Crippen LogP contribution is 2.46. The number of rotatable bonds is 9. The van der Waals surface area contributed by atoms with Gasteiger partial charge in [0.05, 0.1) is 35.7 Å². The lowest BCUT2D eigenvalue weighted by molar-refractivity contribution is -0.142. The zero-order valence-corrected chi connectivity index (χ0v) is 33.7. The van der Waals surface area contributed by atoms with E-state index in [2.05, 4.69) is 27.4 Å². The van der Waals surface area contributed by atoms with Crippen molar-refractivity contribution in [1.29, 1.82) is 0 Å². The van der Waals surface area contributed by atoms with Crippen molar-refractivity contribution in [3.05, 3.63) is 46.8 Å². The zero-order chi connectivity index (χ0) is 40.6. The Balaban J connectivity index is 1.37. The van der Waals surface area contributed by atoms with Crippen molar-refractivity contribution in [3.63, 3.8) is 0 Å². The molecule has 0 spiro atoms. The number of carbonyl (C=O) groups is 4. The monoisotopic (exact) mass is 798 g/mol. The van der Waals surface area contributed by atoms with Gasteiger partial charge in [0.15, 0.2) is 0 Å². The average Bonchev–Trinajstić information content (AvgIpc) is 4.05. The van der Waals surface area contributed by atoms with Crippen LogP contribution in [0.2, 0.25) is 0 Å². The van der Waals surface area contributed by atoms with Gasteiger partial charge >= 0.3 is 6.09 Å². The minimum Gasteiger partial charge on any atom is -0.471 e. The van der Waals surface area contributed by atoms with Crippen LogP contribution < -0.4 is 25.7 Å². The fraction of sp³-hybridized carbons (Fsp3) is 0.641. The molecule has 0 bridgehead atoms. The topological polar surface area (TPSA) is 204 Å². The van der Waals surface area contributed by atoms with Gasteiger partial charge in [-0.25, -0.2) is 17.9 Å². The first-order valence-electron chi connectivity index (χ1n) is 19.4. The Bertz CT molecular complexity index is 2040.